The van der Waals surface area contributed by atoms with E-state index < -0.39 is 0 Å². The molecule has 0 bridgehead atoms. The maximum Gasteiger partial charge on any atom is 0.254 e. The van der Waals surface area contributed by atoms with Crippen LogP contribution in [-0.4, -0.2) is 34.6 Å². The molecule has 118 valence electrons. The largest absolute Gasteiger partial charge is 0.372 e. The summed E-state index contributed by atoms with van der Waals surface area (Å²) in [5, 5.41) is 11.4. The quantitative estimate of drug-likeness (QED) is 0.924. The Balaban J connectivity index is 1.57. The maximum absolute atomic E-state index is 12.8. The van der Waals surface area contributed by atoms with E-state index in [0.29, 0.717) is 13.1 Å². The number of benzene rings is 1. The zero-order valence-corrected chi connectivity index (χ0v) is 13.3. The number of amides is 1. The number of aromatic nitrogens is 2. The Morgan fingerprint density at radius 2 is 1.96 bits per heavy atom. The highest BCUT2D eigenvalue weighted by Gasteiger charge is 2.24. The maximum atomic E-state index is 12.8. The highest BCUT2D eigenvalue weighted by atomic mass is 16.2. The third-order valence-electron chi connectivity index (χ3n) is 4.83. The van der Waals surface area contributed by atoms with Gasteiger partial charge in [-0.15, -0.1) is 5.10 Å². The van der Waals surface area contributed by atoms with Crippen LogP contribution in [0.3, 0.4) is 0 Å². The monoisotopic (exact) mass is 308 g/mol. The van der Waals surface area contributed by atoms with Crippen molar-refractivity contribution in [3.63, 3.8) is 0 Å². The second-order valence-electron chi connectivity index (χ2n) is 6.27. The van der Waals surface area contributed by atoms with Crippen molar-refractivity contribution in [1.82, 2.24) is 15.1 Å². The summed E-state index contributed by atoms with van der Waals surface area (Å²) >= 11 is 0. The first-order chi connectivity index (χ1) is 11.2. The number of hydrogen-bond acceptors (Lipinski definition) is 4. The molecule has 1 N–H and O–H groups in total. The van der Waals surface area contributed by atoms with Crippen molar-refractivity contribution >= 4 is 11.7 Å². The first-order valence-corrected chi connectivity index (χ1v) is 8.19. The minimum absolute atomic E-state index is 0.119. The molecular weight excluding hydrogens is 288 g/mol. The number of nitrogens with zero attached hydrogens (tertiary/aromatic N) is 3. The molecule has 5 heteroatoms. The lowest BCUT2D eigenvalue weighted by molar-refractivity contribution is 0.0733. The molecule has 2 aromatic rings. The van der Waals surface area contributed by atoms with Gasteiger partial charge in [-0.1, -0.05) is 6.07 Å². The third-order valence-corrected chi connectivity index (χ3v) is 4.83. The lowest BCUT2D eigenvalue weighted by Gasteiger charge is -2.28. The van der Waals surface area contributed by atoms with Crippen LogP contribution in [0.25, 0.3) is 0 Å². The summed E-state index contributed by atoms with van der Waals surface area (Å²) in [4.78, 5) is 14.8. The van der Waals surface area contributed by atoms with Gasteiger partial charge < -0.3 is 10.2 Å². The molecule has 2 aliphatic rings. The zero-order chi connectivity index (χ0) is 15.8. The molecule has 23 heavy (non-hydrogen) atoms. The summed E-state index contributed by atoms with van der Waals surface area (Å²) in [6, 6.07) is 8.18. The fourth-order valence-corrected chi connectivity index (χ4v) is 3.51. The molecule has 2 heterocycles. The molecule has 0 saturated carbocycles. The van der Waals surface area contributed by atoms with Crippen LogP contribution < -0.4 is 5.32 Å². The topological polar surface area (TPSA) is 58.1 Å². The third kappa shape index (κ3) is 2.56. The summed E-state index contributed by atoms with van der Waals surface area (Å²) < 4.78 is 0. The van der Waals surface area contributed by atoms with Gasteiger partial charge >= 0.3 is 0 Å². The minimum atomic E-state index is 0.119. The first kappa shape index (κ1) is 14.2. The van der Waals surface area contributed by atoms with Crippen LogP contribution in [0, 0.1) is 0 Å². The molecule has 1 aromatic heterocycles. The van der Waals surface area contributed by atoms with E-state index in [1.807, 2.05) is 24.1 Å². The molecule has 0 spiro atoms. The van der Waals surface area contributed by atoms with E-state index in [0.717, 1.165) is 41.9 Å². The predicted molar refractivity (Wildman–Crippen MR) is 88.5 cm³/mol. The smallest absolute Gasteiger partial charge is 0.254 e. The van der Waals surface area contributed by atoms with Crippen LogP contribution in [0.1, 0.15) is 39.2 Å². The number of aryl methyl sites for hydroxylation is 2. The van der Waals surface area contributed by atoms with Gasteiger partial charge in [-0.2, -0.15) is 5.10 Å². The molecule has 4 rings (SSSR count). The van der Waals surface area contributed by atoms with E-state index in [1.54, 1.807) is 0 Å². The van der Waals surface area contributed by atoms with Gasteiger partial charge in [-0.25, -0.2) is 0 Å². The molecule has 1 aliphatic carbocycles. The molecule has 0 atom stereocenters. The molecule has 0 fully saturated rings. The van der Waals surface area contributed by atoms with E-state index in [9.17, 15) is 4.79 Å². The Labute approximate surface area is 135 Å². The molecule has 0 saturated heterocycles. The predicted octanol–water partition coefficient (Wildman–Crippen LogP) is 2.21. The molecule has 5 nitrogen and oxygen atoms in total. The number of carbonyl (C=O) groups excluding carboxylic acids is 1. The Hall–Kier alpha value is -2.43. The number of rotatable bonds is 2. The van der Waals surface area contributed by atoms with Gasteiger partial charge in [0, 0.05) is 32.1 Å². The lowest BCUT2D eigenvalue weighted by Crippen LogP contribution is -2.36. The summed E-state index contributed by atoms with van der Waals surface area (Å²) in [5.74, 6) is 0.865. The average Bonchev–Trinajstić information content (AvgIpc) is 3.07. The Morgan fingerprint density at radius 3 is 2.83 bits per heavy atom. The van der Waals surface area contributed by atoms with Gasteiger partial charge in [-0.3, -0.25) is 4.79 Å². The summed E-state index contributed by atoms with van der Waals surface area (Å²) in [6.07, 6.45) is 4.21. The van der Waals surface area contributed by atoms with Crippen molar-refractivity contribution < 1.29 is 4.79 Å². The molecule has 1 aliphatic heterocycles. The molecular formula is C18H20N4O. The molecule has 1 amide bonds. The highest BCUT2D eigenvalue weighted by Crippen LogP contribution is 2.25. The van der Waals surface area contributed by atoms with Crippen LogP contribution in [0.2, 0.25) is 0 Å². The van der Waals surface area contributed by atoms with Gasteiger partial charge in [-0.05, 0) is 54.2 Å². The molecule has 0 radical (unpaired) electrons. The standard InChI is InChI=1S/C18H20N4O/c1-19-17-10-15-11-22(8-7-16(15)20-21-17)18(23)14-6-5-12-3-2-4-13(12)9-14/h5-6,9-10H,2-4,7-8,11H2,1H3,(H,19,21). The van der Waals surface area contributed by atoms with Crippen molar-refractivity contribution in [3.8, 4) is 0 Å². The van der Waals surface area contributed by atoms with Gasteiger partial charge in [0.2, 0.25) is 0 Å². The minimum Gasteiger partial charge on any atom is -0.372 e. The van der Waals surface area contributed by atoms with Crippen molar-refractivity contribution in [3.05, 3.63) is 52.2 Å². The van der Waals surface area contributed by atoms with Gasteiger partial charge in [0.15, 0.2) is 0 Å². The van der Waals surface area contributed by atoms with Crippen LogP contribution in [0.15, 0.2) is 24.3 Å². The summed E-state index contributed by atoms with van der Waals surface area (Å²) in [6.45, 7) is 1.31. The van der Waals surface area contributed by atoms with Crippen LogP contribution in [-0.2, 0) is 25.8 Å². The van der Waals surface area contributed by atoms with E-state index in [2.05, 4.69) is 27.6 Å². The van der Waals surface area contributed by atoms with E-state index in [4.69, 9.17) is 0 Å². The highest BCUT2D eigenvalue weighted by molar-refractivity contribution is 5.94. The van der Waals surface area contributed by atoms with Crippen LogP contribution >= 0.6 is 0 Å². The summed E-state index contributed by atoms with van der Waals surface area (Å²) in [7, 11) is 1.83. The summed E-state index contributed by atoms with van der Waals surface area (Å²) in [5.41, 5.74) is 5.65. The van der Waals surface area contributed by atoms with E-state index in [1.165, 1.54) is 17.5 Å². The fourth-order valence-electron chi connectivity index (χ4n) is 3.51. The lowest BCUT2D eigenvalue weighted by atomic mass is 10.0. The first-order valence-electron chi connectivity index (χ1n) is 8.19. The second-order valence-corrected chi connectivity index (χ2v) is 6.27. The zero-order valence-electron chi connectivity index (χ0n) is 13.3. The Bertz CT molecular complexity index is 772. The van der Waals surface area contributed by atoms with Gasteiger partial charge in [0.05, 0.1) is 5.69 Å². The normalized spacial score (nSPS) is 16.0. The van der Waals surface area contributed by atoms with Crippen molar-refractivity contribution in [2.45, 2.75) is 32.2 Å². The number of hydrogen-bond donors (Lipinski definition) is 1. The van der Waals surface area contributed by atoms with Gasteiger partial charge in [0.25, 0.3) is 5.91 Å². The van der Waals surface area contributed by atoms with Gasteiger partial charge in [0.1, 0.15) is 5.82 Å². The second kappa shape index (κ2) is 5.65. The van der Waals surface area contributed by atoms with Crippen molar-refractivity contribution in [2.24, 2.45) is 0 Å². The Kier molecular flexibility index (Phi) is 3.48. The molecule has 1 aromatic carbocycles. The van der Waals surface area contributed by atoms with E-state index >= 15 is 0 Å². The Morgan fingerprint density at radius 1 is 1.09 bits per heavy atom. The fraction of sp³-hybridized carbons (Fsp3) is 0.389. The average molecular weight is 308 g/mol. The number of anilines is 1. The number of nitrogens with one attached hydrogen (secondary N) is 1. The van der Waals surface area contributed by atoms with Crippen molar-refractivity contribution in [1.29, 1.82) is 0 Å². The van der Waals surface area contributed by atoms with E-state index in [-0.39, 0.29) is 5.91 Å². The van der Waals surface area contributed by atoms with Crippen LogP contribution in [0.4, 0.5) is 5.82 Å². The number of fused-ring (bicyclic) bond motifs is 2. The molecule has 0 unspecified atom stereocenters. The van der Waals surface area contributed by atoms with Crippen LogP contribution in [0.5, 0.6) is 0 Å². The van der Waals surface area contributed by atoms with Crippen molar-refractivity contribution in [2.75, 3.05) is 18.9 Å². The number of carbonyl (C=O) groups is 1. The SMILES string of the molecule is CNc1cc2c(nn1)CCN(C(=O)c1ccc3c(c1)CCC3)C2.